The summed E-state index contributed by atoms with van der Waals surface area (Å²) in [5.74, 6) is -0.525. The number of nitrogens with one attached hydrogen (secondary N) is 1. The Morgan fingerprint density at radius 1 is 1.59 bits per heavy atom. The number of carbonyl (C=O) groups is 2. The topological polar surface area (TPSA) is 93.9 Å². The van der Waals surface area contributed by atoms with Crippen LogP contribution in [0.5, 0.6) is 0 Å². The lowest BCUT2D eigenvalue weighted by atomic mass is 10.2. The standard InChI is InChI=1S/C10H19N3O4/c1-16-10(15)8-7-17-5-4-13(8)6-9(14)12-3-2-11/h8H,2-7,11H2,1H3,(H,12,14). The number of hydrogen-bond acceptors (Lipinski definition) is 6. The van der Waals surface area contributed by atoms with E-state index in [4.69, 9.17) is 10.5 Å². The molecule has 0 spiro atoms. The van der Waals surface area contributed by atoms with Crippen LogP contribution in [0.4, 0.5) is 0 Å². The van der Waals surface area contributed by atoms with Gasteiger partial charge in [-0.15, -0.1) is 0 Å². The smallest absolute Gasteiger partial charge is 0.325 e. The zero-order valence-electron chi connectivity index (χ0n) is 9.98. The summed E-state index contributed by atoms with van der Waals surface area (Å²) in [7, 11) is 1.32. The molecule has 0 saturated carbocycles. The molecule has 0 aromatic rings. The lowest BCUT2D eigenvalue weighted by molar-refractivity contribution is -0.154. The van der Waals surface area contributed by atoms with Crippen LogP contribution < -0.4 is 11.1 Å². The monoisotopic (exact) mass is 245 g/mol. The van der Waals surface area contributed by atoms with Gasteiger partial charge in [-0.2, -0.15) is 0 Å². The Bertz CT molecular complexity index is 272. The van der Waals surface area contributed by atoms with Gasteiger partial charge in [0.05, 0.1) is 26.9 Å². The minimum atomic E-state index is -0.502. The van der Waals surface area contributed by atoms with Crippen LogP contribution in [0.25, 0.3) is 0 Å². The summed E-state index contributed by atoms with van der Waals surface area (Å²) in [5, 5.41) is 2.66. The van der Waals surface area contributed by atoms with Gasteiger partial charge in [-0.25, -0.2) is 0 Å². The average Bonchev–Trinajstić information content (AvgIpc) is 2.36. The highest BCUT2D eigenvalue weighted by molar-refractivity contribution is 5.80. The first-order chi connectivity index (χ1) is 8.19. The highest BCUT2D eigenvalue weighted by Crippen LogP contribution is 2.07. The van der Waals surface area contributed by atoms with Crippen molar-refractivity contribution < 1.29 is 19.1 Å². The first-order valence-electron chi connectivity index (χ1n) is 5.55. The second-order valence-electron chi connectivity index (χ2n) is 3.72. The highest BCUT2D eigenvalue weighted by atomic mass is 16.5. The molecule has 1 aliphatic rings. The van der Waals surface area contributed by atoms with Crippen molar-refractivity contribution >= 4 is 11.9 Å². The Labute approximate surface area is 100 Å². The van der Waals surface area contributed by atoms with Crippen molar-refractivity contribution in [2.24, 2.45) is 5.73 Å². The molecule has 0 aromatic heterocycles. The number of nitrogens with zero attached hydrogens (tertiary/aromatic N) is 1. The number of methoxy groups -OCH3 is 1. The third-order valence-electron chi connectivity index (χ3n) is 2.53. The molecule has 1 aliphatic heterocycles. The van der Waals surface area contributed by atoms with Crippen LogP contribution in [0.3, 0.4) is 0 Å². The molecule has 1 atom stereocenters. The summed E-state index contributed by atoms with van der Waals surface area (Å²) >= 11 is 0. The van der Waals surface area contributed by atoms with E-state index in [9.17, 15) is 9.59 Å². The second kappa shape index (κ2) is 7.21. The molecule has 98 valence electrons. The summed E-state index contributed by atoms with van der Waals surface area (Å²) in [6.45, 7) is 2.30. The van der Waals surface area contributed by atoms with E-state index >= 15 is 0 Å². The van der Waals surface area contributed by atoms with E-state index in [1.54, 1.807) is 4.90 Å². The number of rotatable bonds is 5. The maximum atomic E-state index is 11.5. The summed E-state index contributed by atoms with van der Waals surface area (Å²) in [6.07, 6.45) is 0. The van der Waals surface area contributed by atoms with Gasteiger partial charge in [0.2, 0.25) is 5.91 Å². The van der Waals surface area contributed by atoms with Gasteiger partial charge in [0, 0.05) is 19.6 Å². The Balaban J connectivity index is 2.47. The van der Waals surface area contributed by atoms with Crippen molar-refractivity contribution in [3.63, 3.8) is 0 Å². The molecule has 1 amide bonds. The second-order valence-corrected chi connectivity index (χ2v) is 3.72. The van der Waals surface area contributed by atoms with Crippen LogP contribution >= 0.6 is 0 Å². The van der Waals surface area contributed by atoms with Gasteiger partial charge >= 0.3 is 5.97 Å². The largest absolute Gasteiger partial charge is 0.468 e. The van der Waals surface area contributed by atoms with E-state index in [-0.39, 0.29) is 25.0 Å². The number of carbonyl (C=O) groups excluding carboxylic acids is 2. The lowest BCUT2D eigenvalue weighted by Crippen LogP contribution is -2.53. The van der Waals surface area contributed by atoms with Crippen LogP contribution in [0.2, 0.25) is 0 Å². The summed E-state index contributed by atoms with van der Waals surface area (Å²) in [4.78, 5) is 24.8. The summed E-state index contributed by atoms with van der Waals surface area (Å²) in [6, 6.07) is -0.502. The molecule has 1 saturated heterocycles. The first-order valence-corrected chi connectivity index (χ1v) is 5.55. The number of nitrogens with two attached hydrogens (primary N) is 1. The van der Waals surface area contributed by atoms with Crippen LogP contribution in [-0.2, 0) is 19.1 Å². The van der Waals surface area contributed by atoms with Gasteiger partial charge in [-0.3, -0.25) is 14.5 Å². The molecular formula is C10H19N3O4. The average molecular weight is 245 g/mol. The van der Waals surface area contributed by atoms with E-state index in [1.807, 2.05) is 0 Å². The van der Waals surface area contributed by atoms with Crippen LogP contribution in [0, 0.1) is 0 Å². The van der Waals surface area contributed by atoms with Crippen LogP contribution in [0.1, 0.15) is 0 Å². The van der Waals surface area contributed by atoms with Gasteiger partial charge in [-0.05, 0) is 0 Å². The molecule has 1 unspecified atom stereocenters. The molecule has 0 aromatic carbocycles. The Morgan fingerprint density at radius 2 is 2.35 bits per heavy atom. The van der Waals surface area contributed by atoms with E-state index in [0.29, 0.717) is 26.2 Å². The molecule has 7 heteroatoms. The van der Waals surface area contributed by atoms with Crippen molar-refractivity contribution in [3.8, 4) is 0 Å². The van der Waals surface area contributed by atoms with Crippen molar-refractivity contribution in [3.05, 3.63) is 0 Å². The van der Waals surface area contributed by atoms with Gasteiger partial charge in [-0.1, -0.05) is 0 Å². The third kappa shape index (κ3) is 4.29. The molecule has 1 fully saturated rings. The third-order valence-corrected chi connectivity index (χ3v) is 2.53. The summed E-state index contributed by atoms with van der Waals surface area (Å²) in [5.41, 5.74) is 5.28. The first kappa shape index (κ1) is 13.9. The van der Waals surface area contributed by atoms with E-state index < -0.39 is 6.04 Å². The molecule has 0 bridgehead atoms. The number of esters is 1. The maximum absolute atomic E-state index is 11.5. The fourth-order valence-corrected chi connectivity index (χ4v) is 1.63. The molecule has 1 heterocycles. The number of hydrogen-bond donors (Lipinski definition) is 2. The molecule has 1 rings (SSSR count). The zero-order chi connectivity index (χ0) is 12.7. The van der Waals surface area contributed by atoms with E-state index in [2.05, 4.69) is 10.1 Å². The fourth-order valence-electron chi connectivity index (χ4n) is 1.63. The maximum Gasteiger partial charge on any atom is 0.325 e. The molecule has 3 N–H and O–H groups in total. The van der Waals surface area contributed by atoms with Gasteiger partial charge in [0.1, 0.15) is 6.04 Å². The number of morpholine rings is 1. The lowest BCUT2D eigenvalue weighted by Gasteiger charge is -2.32. The minimum absolute atomic E-state index is 0.147. The van der Waals surface area contributed by atoms with Crippen molar-refractivity contribution in [1.82, 2.24) is 10.2 Å². The SMILES string of the molecule is COC(=O)C1COCCN1CC(=O)NCCN. The zero-order valence-corrected chi connectivity index (χ0v) is 9.98. The molecular weight excluding hydrogens is 226 g/mol. The van der Waals surface area contributed by atoms with Crippen molar-refractivity contribution in [2.45, 2.75) is 6.04 Å². The van der Waals surface area contributed by atoms with Crippen molar-refractivity contribution in [2.75, 3.05) is 46.5 Å². The van der Waals surface area contributed by atoms with Crippen LogP contribution in [-0.4, -0.2) is 69.3 Å². The molecule has 0 aliphatic carbocycles. The normalized spacial score (nSPS) is 20.9. The van der Waals surface area contributed by atoms with Crippen LogP contribution in [0.15, 0.2) is 0 Å². The Morgan fingerprint density at radius 3 is 3.00 bits per heavy atom. The number of amides is 1. The van der Waals surface area contributed by atoms with Gasteiger partial charge in [0.15, 0.2) is 0 Å². The van der Waals surface area contributed by atoms with E-state index in [0.717, 1.165) is 0 Å². The Hall–Kier alpha value is -1.18. The predicted molar refractivity (Wildman–Crippen MR) is 60.3 cm³/mol. The summed E-state index contributed by atoms with van der Waals surface area (Å²) < 4.78 is 9.87. The molecule has 0 radical (unpaired) electrons. The van der Waals surface area contributed by atoms with Crippen molar-refractivity contribution in [1.29, 1.82) is 0 Å². The predicted octanol–water partition coefficient (Wildman–Crippen LogP) is -2.06. The molecule has 17 heavy (non-hydrogen) atoms. The quantitative estimate of drug-likeness (QED) is 0.541. The van der Waals surface area contributed by atoms with E-state index in [1.165, 1.54) is 7.11 Å². The minimum Gasteiger partial charge on any atom is -0.468 e. The fraction of sp³-hybridized carbons (Fsp3) is 0.800. The highest BCUT2D eigenvalue weighted by Gasteiger charge is 2.31. The van der Waals surface area contributed by atoms with Gasteiger partial charge < -0.3 is 20.5 Å². The molecule has 7 nitrogen and oxygen atoms in total. The number of ether oxygens (including phenoxy) is 2. The van der Waals surface area contributed by atoms with Gasteiger partial charge in [0.25, 0.3) is 0 Å². The Kier molecular flexibility index (Phi) is 5.88.